The molecule has 1 aromatic heterocycles. The number of rotatable bonds is 6. The SMILES string of the molecule is COCOc1cc(-c2c(CCC#N)cc3c(=O)[nH]c(Cl)c(Br)c3c2F)c2ccccc2c1. The number of H-pyrrole nitrogens is 1. The van der Waals surface area contributed by atoms with Crippen LogP contribution in [0.25, 0.3) is 32.7 Å². The lowest BCUT2D eigenvalue weighted by atomic mass is 9.90. The lowest BCUT2D eigenvalue weighted by Crippen LogP contribution is -2.10. The van der Waals surface area contributed by atoms with Crippen LogP contribution in [0.4, 0.5) is 4.39 Å². The highest BCUT2D eigenvalue weighted by Crippen LogP contribution is 2.41. The number of pyridine rings is 1. The molecule has 0 aliphatic heterocycles. The Labute approximate surface area is 196 Å². The average Bonchev–Trinajstić information content (AvgIpc) is 2.79. The van der Waals surface area contributed by atoms with E-state index in [4.69, 9.17) is 26.3 Å². The van der Waals surface area contributed by atoms with Crippen molar-refractivity contribution in [1.29, 1.82) is 5.26 Å². The molecule has 32 heavy (non-hydrogen) atoms. The van der Waals surface area contributed by atoms with Crippen molar-refractivity contribution in [2.45, 2.75) is 12.8 Å². The summed E-state index contributed by atoms with van der Waals surface area (Å²) in [5, 5.41) is 11.1. The maximum atomic E-state index is 16.2. The lowest BCUT2D eigenvalue weighted by molar-refractivity contribution is 0.0512. The maximum absolute atomic E-state index is 16.2. The molecule has 0 bridgehead atoms. The summed E-state index contributed by atoms with van der Waals surface area (Å²) in [5.41, 5.74) is 0.934. The molecule has 0 aliphatic rings. The van der Waals surface area contributed by atoms with E-state index in [1.54, 1.807) is 12.1 Å². The first kappa shape index (κ1) is 22.3. The van der Waals surface area contributed by atoms with E-state index in [2.05, 4.69) is 27.0 Å². The molecule has 1 N–H and O–H groups in total. The minimum atomic E-state index is -0.593. The number of aryl methyl sites for hydroxylation is 1. The van der Waals surface area contributed by atoms with E-state index >= 15 is 4.39 Å². The van der Waals surface area contributed by atoms with Crippen LogP contribution >= 0.6 is 27.5 Å². The zero-order valence-corrected chi connectivity index (χ0v) is 19.3. The van der Waals surface area contributed by atoms with Crippen LogP contribution in [-0.2, 0) is 11.2 Å². The van der Waals surface area contributed by atoms with Crippen LogP contribution < -0.4 is 10.3 Å². The third-order valence-corrected chi connectivity index (χ3v) is 6.49. The highest BCUT2D eigenvalue weighted by atomic mass is 79.9. The number of methoxy groups -OCH3 is 1. The van der Waals surface area contributed by atoms with E-state index in [0.29, 0.717) is 22.4 Å². The van der Waals surface area contributed by atoms with Gasteiger partial charge in [-0.05, 0) is 62.4 Å². The monoisotopic (exact) mass is 514 g/mol. The third-order valence-electron chi connectivity index (χ3n) is 5.18. The van der Waals surface area contributed by atoms with Gasteiger partial charge in [-0.2, -0.15) is 5.26 Å². The molecule has 0 aliphatic carbocycles. The molecule has 5 nitrogen and oxygen atoms in total. The fourth-order valence-electron chi connectivity index (χ4n) is 3.81. The number of benzene rings is 3. The molecule has 8 heteroatoms. The summed E-state index contributed by atoms with van der Waals surface area (Å²) < 4.78 is 27.1. The van der Waals surface area contributed by atoms with E-state index < -0.39 is 11.4 Å². The molecule has 0 radical (unpaired) electrons. The fraction of sp³-hybridized carbons (Fsp3) is 0.167. The molecule has 3 aromatic carbocycles. The molecule has 0 saturated carbocycles. The Morgan fingerprint density at radius 2 is 2.00 bits per heavy atom. The number of nitrogens with zero attached hydrogens (tertiary/aromatic N) is 1. The summed E-state index contributed by atoms with van der Waals surface area (Å²) in [6, 6.07) is 14.9. The molecule has 0 amide bonds. The first-order chi connectivity index (χ1) is 15.5. The highest BCUT2D eigenvalue weighted by Gasteiger charge is 2.22. The average molecular weight is 516 g/mol. The van der Waals surface area contributed by atoms with E-state index in [0.717, 1.165) is 10.8 Å². The summed E-state index contributed by atoms with van der Waals surface area (Å²) in [7, 11) is 1.52. The van der Waals surface area contributed by atoms with Crippen molar-refractivity contribution >= 4 is 49.1 Å². The van der Waals surface area contributed by atoms with Crippen molar-refractivity contribution in [1.82, 2.24) is 4.98 Å². The van der Waals surface area contributed by atoms with Crippen molar-refractivity contribution in [3.05, 3.63) is 73.8 Å². The smallest absolute Gasteiger partial charge is 0.257 e. The van der Waals surface area contributed by atoms with Gasteiger partial charge in [0.15, 0.2) is 6.79 Å². The third kappa shape index (κ3) is 3.97. The van der Waals surface area contributed by atoms with Crippen molar-refractivity contribution in [2.75, 3.05) is 13.9 Å². The quantitative estimate of drug-likeness (QED) is 0.240. The number of nitriles is 1. The predicted molar refractivity (Wildman–Crippen MR) is 127 cm³/mol. The Balaban J connectivity index is 2.13. The topological polar surface area (TPSA) is 75.1 Å². The van der Waals surface area contributed by atoms with Gasteiger partial charge in [0.2, 0.25) is 0 Å². The Hall–Kier alpha value is -2.92. The normalized spacial score (nSPS) is 11.1. The van der Waals surface area contributed by atoms with Crippen LogP contribution in [0.15, 0.2) is 51.7 Å². The van der Waals surface area contributed by atoms with Crippen LogP contribution in [0.1, 0.15) is 12.0 Å². The Kier molecular flexibility index (Phi) is 6.47. The van der Waals surface area contributed by atoms with Gasteiger partial charge in [0.05, 0.1) is 15.9 Å². The van der Waals surface area contributed by atoms with E-state index in [-0.39, 0.29) is 40.0 Å². The van der Waals surface area contributed by atoms with Gasteiger partial charge in [0, 0.05) is 24.5 Å². The van der Waals surface area contributed by atoms with E-state index in [1.807, 2.05) is 30.3 Å². The molecule has 4 aromatic rings. The van der Waals surface area contributed by atoms with Crippen LogP contribution in [0.3, 0.4) is 0 Å². The summed E-state index contributed by atoms with van der Waals surface area (Å²) >= 11 is 9.43. The minimum absolute atomic E-state index is 0.0131. The second-order valence-corrected chi connectivity index (χ2v) is 8.30. The molecule has 0 saturated heterocycles. The van der Waals surface area contributed by atoms with Gasteiger partial charge in [-0.25, -0.2) is 4.39 Å². The number of aromatic amines is 1. The van der Waals surface area contributed by atoms with E-state index in [9.17, 15) is 4.79 Å². The second-order valence-electron chi connectivity index (χ2n) is 7.13. The summed E-state index contributed by atoms with van der Waals surface area (Å²) in [4.78, 5) is 15.0. The van der Waals surface area contributed by atoms with Gasteiger partial charge in [0.1, 0.15) is 16.7 Å². The molecule has 0 atom stereocenters. The molecular weight excluding hydrogens is 499 g/mol. The Morgan fingerprint density at radius 1 is 1.22 bits per heavy atom. The largest absolute Gasteiger partial charge is 0.468 e. The van der Waals surface area contributed by atoms with Crippen LogP contribution in [0, 0.1) is 17.1 Å². The van der Waals surface area contributed by atoms with Crippen LogP contribution in [0.5, 0.6) is 5.75 Å². The molecule has 4 rings (SSSR count). The van der Waals surface area contributed by atoms with Crippen molar-refractivity contribution < 1.29 is 13.9 Å². The molecule has 162 valence electrons. The number of halogens is 3. The van der Waals surface area contributed by atoms with Gasteiger partial charge in [-0.15, -0.1) is 0 Å². The molecular formula is C24H17BrClFN2O3. The number of hydrogen-bond donors (Lipinski definition) is 1. The lowest BCUT2D eigenvalue weighted by Gasteiger charge is -2.17. The number of nitrogens with one attached hydrogen (secondary N) is 1. The van der Waals surface area contributed by atoms with Crippen molar-refractivity contribution in [3.8, 4) is 22.9 Å². The predicted octanol–water partition coefficient (Wildman–Crippen LogP) is 6.34. The fourth-order valence-corrected chi connectivity index (χ4v) is 4.47. The van der Waals surface area contributed by atoms with Crippen LogP contribution in [0.2, 0.25) is 5.15 Å². The summed E-state index contributed by atoms with van der Waals surface area (Å²) in [5.74, 6) is -0.0846. The van der Waals surface area contributed by atoms with Crippen molar-refractivity contribution in [2.24, 2.45) is 0 Å². The first-order valence-corrected chi connectivity index (χ1v) is 10.9. The first-order valence-electron chi connectivity index (χ1n) is 9.70. The van der Waals surface area contributed by atoms with E-state index in [1.165, 1.54) is 7.11 Å². The highest BCUT2D eigenvalue weighted by molar-refractivity contribution is 9.10. The minimum Gasteiger partial charge on any atom is -0.468 e. The molecule has 0 fully saturated rings. The van der Waals surface area contributed by atoms with Gasteiger partial charge >= 0.3 is 0 Å². The van der Waals surface area contributed by atoms with Gasteiger partial charge < -0.3 is 14.5 Å². The standard InChI is InChI=1S/C24H17BrClFN2O3/c1-31-12-32-15-9-13-5-2-3-7-16(13)17(11-15)19-14(6-4-8-28)10-18-20(22(19)27)21(25)23(26)29-24(18)30/h2-3,5,7,9-11H,4,6,12H2,1H3,(H,29,30). The second kappa shape index (κ2) is 9.29. The zero-order valence-electron chi connectivity index (χ0n) is 17.0. The number of fused-ring (bicyclic) bond motifs is 2. The van der Waals surface area contributed by atoms with Gasteiger partial charge in [0.25, 0.3) is 5.56 Å². The van der Waals surface area contributed by atoms with Gasteiger partial charge in [-0.1, -0.05) is 35.9 Å². The Morgan fingerprint density at radius 3 is 2.75 bits per heavy atom. The number of ether oxygens (including phenoxy) is 2. The molecule has 1 heterocycles. The number of aromatic nitrogens is 1. The zero-order chi connectivity index (χ0) is 22.8. The summed E-state index contributed by atoms with van der Waals surface area (Å²) in [6.45, 7) is 0.0375. The van der Waals surface area contributed by atoms with Gasteiger partial charge in [-0.3, -0.25) is 4.79 Å². The van der Waals surface area contributed by atoms with Crippen LogP contribution in [-0.4, -0.2) is 18.9 Å². The molecule has 0 unspecified atom stereocenters. The molecule has 0 spiro atoms. The van der Waals surface area contributed by atoms with Crippen molar-refractivity contribution in [3.63, 3.8) is 0 Å². The Bertz CT molecular complexity index is 1450. The maximum Gasteiger partial charge on any atom is 0.257 e. The number of hydrogen-bond acceptors (Lipinski definition) is 4. The summed E-state index contributed by atoms with van der Waals surface area (Å²) in [6.07, 6.45) is 0.443.